The molecular weight excluding hydrogens is 358 g/mol. The van der Waals surface area contributed by atoms with Crippen molar-refractivity contribution in [2.75, 3.05) is 31.6 Å². The van der Waals surface area contributed by atoms with E-state index in [1.54, 1.807) is 0 Å². The van der Waals surface area contributed by atoms with Gasteiger partial charge >= 0.3 is 11.9 Å². The van der Waals surface area contributed by atoms with Crippen molar-refractivity contribution in [3.8, 4) is 0 Å². The van der Waals surface area contributed by atoms with E-state index >= 15 is 0 Å². The molecule has 7 heteroatoms. The molecule has 2 aliphatic heterocycles. The van der Waals surface area contributed by atoms with Crippen molar-refractivity contribution < 1.29 is 19.8 Å². The van der Waals surface area contributed by atoms with Gasteiger partial charge < -0.3 is 20.0 Å². The lowest BCUT2D eigenvalue weighted by atomic mass is 9.96. The van der Waals surface area contributed by atoms with Crippen molar-refractivity contribution in [1.82, 2.24) is 9.88 Å². The summed E-state index contributed by atoms with van der Waals surface area (Å²) in [6, 6.07) is 13.6. The summed E-state index contributed by atoms with van der Waals surface area (Å²) in [5.41, 5.74) is 4.27. The number of nitrogens with zero attached hydrogens (tertiary/aromatic N) is 3. The van der Waals surface area contributed by atoms with Crippen LogP contribution in [0.1, 0.15) is 22.7 Å². The lowest BCUT2D eigenvalue weighted by Crippen LogP contribution is -2.47. The third-order valence-electron chi connectivity index (χ3n) is 4.89. The molecule has 2 N–H and O–H groups in total. The molecule has 0 aliphatic carbocycles. The molecule has 7 nitrogen and oxygen atoms in total. The number of aliphatic carboxylic acids is 2. The SMILES string of the molecule is CN1CCN2c3ncccc3Cc3ccccc3C2C1.O=C(O)/C=C/C(=O)O. The monoisotopic (exact) mass is 381 g/mol. The number of pyridine rings is 1. The summed E-state index contributed by atoms with van der Waals surface area (Å²) in [4.78, 5) is 28.7. The van der Waals surface area contributed by atoms with Gasteiger partial charge in [-0.1, -0.05) is 30.3 Å². The molecule has 3 heterocycles. The number of anilines is 1. The van der Waals surface area contributed by atoms with Crippen LogP contribution in [-0.2, 0) is 16.0 Å². The van der Waals surface area contributed by atoms with Gasteiger partial charge in [-0.15, -0.1) is 0 Å². The molecule has 0 bridgehead atoms. The van der Waals surface area contributed by atoms with E-state index in [2.05, 4.69) is 58.2 Å². The zero-order valence-corrected chi connectivity index (χ0v) is 15.7. The maximum Gasteiger partial charge on any atom is 0.328 e. The molecule has 0 amide bonds. The average Bonchev–Trinajstić information content (AvgIpc) is 2.81. The minimum atomic E-state index is -1.26. The fourth-order valence-corrected chi connectivity index (χ4v) is 3.63. The van der Waals surface area contributed by atoms with E-state index in [0.29, 0.717) is 18.2 Å². The van der Waals surface area contributed by atoms with Gasteiger partial charge in [-0.2, -0.15) is 0 Å². The Hall–Kier alpha value is -3.19. The first kappa shape index (κ1) is 19.6. The maximum atomic E-state index is 9.55. The number of aromatic nitrogens is 1. The van der Waals surface area contributed by atoms with Crippen molar-refractivity contribution in [2.45, 2.75) is 12.5 Å². The highest BCUT2D eigenvalue weighted by molar-refractivity contribution is 5.89. The maximum absolute atomic E-state index is 9.55. The molecule has 146 valence electrons. The summed E-state index contributed by atoms with van der Waals surface area (Å²) < 4.78 is 0. The summed E-state index contributed by atoms with van der Waals surface area (Å²) >= 11 is 0. The topological polar surface area (TPSA) is 94.0 Å². The second kappa shape index (κ2) is 8.67. The number of benzene rings is 1. The highest BCUT2D eigenvalue weighted by Crippen LogP contribution is 2.37. The number of fused-ring (bicyclic) bond motifs is 5. The van der Waals surface area contributed by atoms with Crippen LogP contribution < -0.4 is 4.90 Å². The van der Waals surface area contributed by atoms with E-state index in [-0.39, 0.29) is 0 Å². The summed E-state index contributed by atoms with van der Waals surface area (Å²) in [7, 11) is 2.21. The number of carboxylic acids is 2. The molecule has 1 aromatic heterocycles. The normalized spacial score (nSPS) is 18.2. The predicted octanol–water partition coefficient (Wildman–Crippen LogP) is 2.19. The second-order valence-corrected chi connectivity index (χ2v) is 6.84. The number of rotatable bonds is 2. The highest BCUT2D eigenvalue weighted by Gasteiger charge is 2.32. The zero-order valence-electron chi connectivity index (χ0n) is 15.7. The molecule has 1 fully saturated rings. The van der Waals surface area contributed by atoms with Crippen LogP contribution >= 0.6 is 0 Å². The van der Waals surface area contributed by atoms with Crippen LogP contribution in [0.15, 0.2) is 54.7 Å². The third kappa shape index (κ3) is 4.55. The van der Waals surface area contributed by atoms with Crippen LogP contribution in [0.3, 0.4) is 0 Å². The van der Waals surface area contributed by atoms with Crippen molar-refractivity contribution in [1.29, 1.82) is 0 Å². The van der Waals surface area contributed by atoms with E-state index < -0.39 is 11.9 Å². The van der Waals surface area contributed by atoms with E-state index in [0.717, 1.165) is 26.1 Å². The number of hydrogen-bond acceptors (Lipinski definition) is 5. The van der Waals surface area contributed by atoms with Gasteiger partial charge in [0.1, 0.15) is 5.82 Å². The Kier molecular flexibility index (Phi) is 6.06. The molecule has 0 saturated carbocycles. The fourth-order valence-electron chi connectivity index (χ4n) is 3.63. The molecule has 0 spiro atoms. The Balaban J connectivity index is 0.000000242. The lowest BCUT2D eigenvalue weighted by Gasteiger charge is -2.41. The number of hydrogen-bond donors (Lipinski definition) is 2. The van der Waals surface area contributed by atoms with E-state index in [9.17, 15) is 9.59 Å². The molecule has 2 aliphatic rings. The highest BCUT2D eigenvalue weighted by atomic mass is 16.4. The van der Waals surface area contributed by atoms with Gasteiger partial charge in [-0.05, 0) is 29.8 Å². The average molecular weight is 381 g/mol. The molecule has 1 unspecified atom stereocenters. The van der Waals surface area contributed by atoms with Gasteiger partial charge in [0, 0.05) is 44.4 Å². The number of carboxylic acid groups (broad SMARTS) is 2. The van der Waals surface area contributed by atoms with Crippen LogP contribution in [-0.4, -0.2) is 58.7 Å². The first-order valence-corrected chi connectivity index (χ1v) is 9.06. The number of likely N-dealkylation sites (N-methyl/N-ethyl adjacent to an activating group) is 1. The van der Waals surface area contributed by atoms with Crippen LogP contribution in [0.5, 0.6) is 0 Å². The van der Waals surface area contributed by atoms with Crippen LogP contribution in [0.25, 0.3) is 0 Å². The van der Waals surface area contributed by atoms with Crippen molar-refractivity contribution in [2.24, 2.45) is 0 Å². The molecule has 28 heavy (non-hydrogen) atoms. The molecule has 1 aromatic carbocycles. The summed E-state index contributed by atoms with van der Waals surface area (Å²) in [5.74, 6) is -1.33. The molecule has 1 atom stereocenters. The van der Waals surface area contributed by atoms with Gasteiger partial charge in [0.15, 0.2) is 0 Å². The quantitative estimate of drug-likeness (QED) is 0.770. The second-order valence-electron chi connectivity index (χ2n) is 6.84. The van der Waals surface area contributed by atoms with E-state index in [1.807, 2.05) is 6.20 Å². The Bertz CT molecular complexity index is 881. The first-order valence-electron chi connectivity index (χ1n) is 9.06. The van der Waals surface area contributed by atoms with E-state index in [4.69, 9.17) is 10.2 Å². The zero-order chi connectivity index (χ0) is 20.1. The predicted molar refractivity (Wildman–Crippen MR) is 105 cm³/mol. The van der Waals surface area contributed by atoms with Crippen LogP contribution in [0.2, 0.25) is 0 Å². The molecule has 0 radical (unpaired) electrons. The van der Waals surface area contributed by atoms with Gasteiger partial charge in [-0.25, -0.2) is 14.6 Å². The lowest BCUT2D eigenvalue weighted by molar-refractivity contribution is -0.134. The molecule has 2 aromatic rings. The summed E-state index contributed by atoms with van der Waals surface area (Å²) in [6.45, 7) is 3.24. The van der Waals surface area contributed by atoms with Gasteiger partial charge in [0.05, 0.1) is 6.04 Å². The van der Waals surface area contributed by atoms with Gasteiger partial charge in [-0.3, -0.25) is 0 Å². The first-order chi connectivity index (χ1) is 13.5. The van der Waals surface area contributed by atoms with Gasteiger partial charge in [0.2, 0.25) is 0 Å². The van der Waals surface area contributed by atoms with Crippen molar-refractivity contribution in [3.05, 3.63) is 71.4 Å². The summed E-state index contributed by atoms with van der Waals surface area (Å²) in [5, 5.41) is 15.6. The van der Waals surface area contributed by atoms with Crippen LogP contribution in [0.4, 0.5) is 5.82 Å². The Morgan fingerprint density at radius 2 is 1.71 bits per heavy atom. The molecular formula is C21H23N3O4. The largest absolute Gasteiger partial charge is 0.478 e. The third-order valence-corrected chi connectivity index (χ3v) is 4.89. The van der Waals surface area contributed by atoms with Gasteiger partial charge in [0.25, 0.3) is 0 Å². The molecule has 4 rings (SSSR count). The number of piperazine rings is 1. The van der Waals surface area contributed by atoms with Crippen LogP contribution in [0, 0.1) is 0 Å². The minimum absolute atomic E-state index is 0.432. The fraction of sp³-hybridized carbons (Fsp3) is 0.286. The Labute approximate surface area is 163 Å². The van der Waals surface area contributed by atoms with Crippen molar-refractivity contribution in [3.63, 3.8) is 0 Å². The summed E-state index contributed by atoms with van der Waals surface area (Å²) in [6.07, 6.45) is 4.03. The van der Waals surface area contributed by atoms with E-state index in [1.165, 1.54) is 22.5 Å². The Morgan fingerprint density at radius 3 is 2.43 bits per heavy atom. The number of carbonyl (C=O) groups is 2. The Morgan fingerprint density at radius 1 is 1.04 bits per heavy atom. The smallest absolute Gasteiger partial charge is 0.328 e. The molecule has 1 saturated heterocycles. The standard InChI is InChI=1S/C17H19N3.C4H4O4/c1-19-9-10-20-16(12-19)15-7-3-2-5-13(15)11-14-6-4-8-18-17(14)20;5-3(6)1-2-4(7)8/h2-8,16H,9-12H2,1H3;1-2H,(H,5,6)(H,7,8)/b;2-1+. The minimum Gasteiger partial charge on any atom is -0.478 e. The van der Waals surface area contributed by atoms with Crippen molar-refractivity contribution >= 4 is 17.8 Å².